The van der Waals surface area contributed by atoms with E-state index < -0.39 is 6.23 Å². The molecular formula is C7H11NOS. The van der Waals surface area contributed by atoms with Gasteiger partial charge in [0.15, 0.2) is 0 Å². The largest absolute Gasteiger partial charge is 0.379 e. The molecule has 10 heavy (non-hydrogen) atoms. The lowest BCUT2D eigenvalue weighted by Crippen LogP contribution is -2.23. The van der Waals surface area contributed by atoms with Crippen LogP contribution in [0.2, 0.25) is 0 Å². The third kappa shape index (κ3) is 2.47. The van der Waals surface area contributed by atoms with E-state index in [-0.39, 0.29) is 0 Å². The third-order valence-electron chi connectivity index (χ3n) is 1.15. The minimum atomic E-state index is -0.415. The first-order valence-corrected chi connectivity index (χ1v) is 4.11. The first kappa shape index (κ1) is 7.72. The lowest BCUT2D eigenvalue weighted by Gasteiger charge is -2.03. The molecule has 0 aliphatic carbocycles. The van der Waals surface area contributed by atoms with E-state index in [9.17, 15) is 0 Å². The summed E-state index contributed by atoms with van der Waals surface area (Å²) < 4.78 is 0. The Balaban J connectivity index is 2.28. The highest BCUT2D eigenvalue weighted by Crippen LogP contribution is 2.07. The van der Waals surface area contributed by atoms with E-state index in [2.05, 4.69) is 5.32 Å². The maximum atomic E-state index is 8.84. The normalized spacial score (nSPS) is 13.4. The fraction of sp³-hybridized carbons (Fsp3) is 0.429. The van der Waals surface area contributed by atoms with Crippen molar-refractivity contribution in [1.82, 2.24) is 5.32 Å². The summed E-state index contributed by atoms with van der Waals surface area (Å²) >= 11 is 1.69. The zero-order valence-electron chi connectivity index (χ0n) is 5.87. The van der Waals surface area contributed by atoms with E-state index in [1.807, 2.05) is 17.5 Å². The van der Waals surface area contributed by atoms with Gasteiger partial charge in [0.1, 0.15) is 6.23 Å². The van der Waals surface area contributed by atoms with Crippen molar-refractivity contribution in [3.63, 3.8) is 0 Å². The second-order valence-corrected chi connectivity index (χ2v) is 3.17. The molecule has 0 spiro atoms. The Morgan fingerprint density at radius 2 is 2.60 bits per heavy atom. The summed E-state index contributed by atoms with van der Waals surface area (Å²) in [5.74, 6) is 0. The van der Waals surface area contributed by atoms with Gasteiger partial charge in [0.05, 0.1) is 0 Å². The second-order valence-electron chi connectivity index (χ2n) is 2.14. The van der Waals surface area contributed by atoms with Gasteiger partial charge in [-0.05, 0) is 18.4 Å². The minimum absolute atomic E-state index is 0.415. The van der Waals surface area contributed by atoms with Crippen molar-refractivity contribution in [2.45, 2.75) is 19.7 Å². The van der Waals surface area contributed by atoms with E-state index in [4.69, 9.17) is 5.11 Å². The Hall–Kier alpha value is -0.380. The van der Waals surface area contributed by atoms with E-state index in [0.29, 0.717) is 0 Å². The average Bonchev–Trinajstić information content (AvgIpc) is 2.34. The van der Waals surface area contributed by atoms with Crippen LogP contribution >= 0.6 is 11.3 Å². The fourth-order valence-electron chi connectivity index (χ4n) is 0.661. The second kappa shape index (κ2) is 3.71. The highest BCUT2D eigenvalue weighted by Gasteiger charge is 1.94. The maximum Gasteiger partial charge on any atom is 0.102 e. The average molecular weight is 157 g/mol. The number of thiophene rings is 1. The molecule has 0 aromatic carbocycles. The van der Waals surface area contributed by atoms with Gasteiger partial charge in [-0.3, -0.25) is 5.32 Å². The molecule has 1 aromatic heterocycles. The van der Waals surface area contributed by atoms with E-state index >= 15 is 0 Å². The standard InChI is InChI=1S/C7H11NOS/c1-6(9)8-5-7-3-2-4-10-7/h2-4,6,8-9H,5H2,1H3/t6-/m0/s1. The Labute approximate surface area is 64.5 Å². The Kier molecular flexibility index (Phi) is 2.86. The van der Waals surface area contributed by atoms with Crippen LogP contribution in [0.3, 0.4) is 0 Å². The first-order chi connectivity index (χ1) is 4.79. The highest BCUT2D eigenvalue weighted by atomic mass is 32.1. The molecule has 0 saturated carbocycles. The molecule has 0 radical (unpaired) electrons. The predicted molar refractivity (Wildman–Crippen MR) is 42.8 cm³/mol. The Morgan fingerprint density at radius 3 is 3.10 bits per heavy atom. The van der Waals surface area contributed by atoms with Crippen molar-refractivity contribution in [2.75, 3.05) is 0 Å². The molecule has 2 N–H and O–H groups in total. The SMILES string of the molecule is C[C@H](O)NCc1cccs1. The number of aliphatic hydroxyl groups excluding tert-OH is 1. The quantitative estimate of drug-likeness (QED) is 0.646. The lowest BCUT2D eigenvalue weighted by molar-refractivity contribution is 0.155. The van der Waals surface area contributed by atoms with Gasteiger partial charge < -0.3 is 5.11 Å². The molecule has 0 aliphatic rings. The van der Waals surface area contributed by atoms with Gasteiger partial charge >= 0.3 is 0 Å². The third-order valence-corrected chi connectivity index (χ3v) is 2.03. The van der Waals surface area contributed by atoms with Gasteiger partial charge in [0.2, 0.25) is 0 Å². The number of rotatable bonds is 3. The number of nitrogens with one attached hydrogen (secondary N) is 1. The van der Waals surface area contributed by atoms with Gasteiger partial charge in [-0.25, -0.2) is 0 Å². The molecular weight excluding hydrogens is 146 g/mol. The van der Waals surface area contributed by atoms with Crippen LogP contribution in [0, 0.1) is 0 Å². The molecule has 1 rings (SSSR count). The molecule has 1 heterocycles. The van der Waals surface area contributed by atoms with Crippen molar-refractivity contribution in [3.05, 3.63) is 22.4 Å². The summed E-state index contributed by atoms with van der Waals surface area (Å²) in [6.45, 7) is 2.48. The van der Waals surface area contributed by atoms with Crippen LogP contribution in [-0.2, 0) is 6.54 Å². The molecule has 2 nitrogen and oxygen atoms in total. The maximum absolute atomic E-state index is 8.84. The monoisotopic (exact) mass is 157 g/mol. The lowest BCUT2D eigenvalue weighted by atomic mass is 10.4. The van der Waals surface area contributed by atoms with E-state index in [1.165, 1.54) is 4.88 Å². The van der Waals surface area contributed by atoms with Crippen LogP contribution < -0.4 is 5.32 Å². The smallest absolute Gasteiger partial charge is 0.102 e. The van der Waals surface area contributed by atoms with Crippen molar-refractivity contribution in [1.29, 1.82) is 0 Å². The molecule has 0 unspecified atom stereocenters. The van der Waals surface area contributed by atoms with Crippen LogP contribution in [0.4, 0.5) is 0 Å². The van der Waals surface area contributed by atoms with E-state index in [1.54, 1.807) is 18.3 Å². The van der Waals surface area contributed by atoms with Crippen molar-refractivity contribution < 1.29 is 5.11 Å². The highest BCUT2D eigenvalue weighted by molar-refractivity contribution is 7.09. The van der Waals surface area contributed by atoms with Gasteiger partial charge in [0.25, 0.3) is 0 Å². The van der Waals surface area contributed by atoms with Crippen molar-refractivity contribution in [3.8, 4) is 0 Å². The summed E-state index contributed by atoms with van der Waals surface area (Å²) in [5, 5.41) is 13.8. The molecule has 0 saturated heterocycles. The van der Waals surface area contributed by atoms with Crippen LogP contribution in [-0.4, -0.2) is 11.3 Å². The Bertz CT molecular complexity index is 172. The van der Waals surface area contributed by atoms with Crippen molar-refractivity contribution in [2.24, 2.45) is 0 Å². The van der Waals surface area contributed by atoms with Crippen LogP contribution in [0.5, 0.6) is 0 Å². The summed E-state index contributed by atoms with van der Waals surface area (Å²) in [6, 6.07) is 4.05. The summed E-state index contributed by atoms with van der Waals surface area (Å²) in [4.78, 5) is 1.25. The topological polar surface area (TPSA) is 32.3 Å². The summed E-state index contributed by atoms with van der Waals surface area (Å²) in [6.07, 6.45) is -0.415. The molecule has 0 fully saturated rings. The van der Waals surface area contributed by atoms with E-state index in [0.717, 1.165) is 6.54 Å². The van der Waals surface area contributed by atoms with Gasteiger partial charge in [-0.1, -0.05) is 6.07 Å². The van der Waals surface area contributed by atoms with Gasteiger partial charge in [0, 0.05) is 11.4 Å². The van der Waals surface area contributed by atoms with Crippen LogP contribution in [0.25, 0.3) is 0 Å². The molecule has 56 valence electrons. The number of aliphatic hydroxyl groups is 1. The molecule has 3 heteroatoms. The fourth-order valence-corrected chi connectivity index (χ4v) is 1.32. The number of hydrogen-bond acceptors (Lipinski definition) is 3. The predicted octanol–water partition coefficient (Wildman–Crippen LogP) is 1.18. The van der Waals surface area contributed by atoms with Gasteiger partial charge in [-0.2, -0.15) is 0 Å². The zero-order valence-corrected chi connectivity index (χ0v) is 6.69. The molecule has 0 amide bonds. The summed E-state index contributed by atoms with van der Waals surface area (Å²) in [7, 11) is 0. The summed E-state index contributed by atoms with van der Waals surface area (Å²) in [5.41, 5.74) is 0. The minimum Gasteiger partial charge on any atom is -0.379 e. The Morgan fingerprint density at radius 1 is 1.80 bits per heavy atom. The molecule has 0 aliphatic heterocycles. The van der Waals surface area contributed by atoms with Crippen LogP contribution in [0.1, 0.15) is 11.8 Å². The molecule has 1 aromatic rings. The molecule has 0 bridgehead atoms. The molecule has 1 atom stereocenters. The number of hydrogen-bond donors (Lipinski definition) is 2. The van der Waals surface area contributed by atoms with Gasteiger partial charge in [-0.15, -0.1) is 11.3 Å². The van der Waals surface area contributed by atoms with Crippen molar-refractivity contribution >= 4 is 11.3 Å². The zero-order chi connectivity index (χ0) is 7.40. The first-order valence-electron chi connectivity index (χ1n) is 3.23. The van der Waals surface area contributed by atoms with Crippen LogP contribution in [0.15, 0.2) is 17.5 Å².